The van der Waals surface area contributed by atoms with Crippen LogP contribution in [0.3, 0.4) is 0 Å². The minimum atomic E-state index is -0.483. The monoisotopic (exact) mass is 366 g/mol. The molecule has 1 saturated heterocycles. The highest BCUT2D eigenvalue weighted by atomic mass is 16.2. The van der Waals surface area contributed by atoms with Crippen LogP contribution in [0.4, 0.5) is 4.79 Å². The highest BCUT2D eigenvalue weighted by Gasteiger charge is 2.31. The topological polar surface area (TPSA) is 64.7 Å². The van der Waals surface area contributed by atoms with Gasteiger partial charge < -0.3 is 5.32 Å². The molecule has 2 aromatic carbocycles. The predicted octanol–water partition coefficient (Wildman–Crippen LogP) is 2.00. The molecule has 27 heavy (non-hydrogen) atoms. The van der Waals surface area contributed by atoms with Crippen molar-refractivity contribution in [2.24, 2.45) is 0 Å². The average molecular weight is 366 g/mol. The molecule has 1 aliphatic heterocycles. The number of amides is 3. The Labute approximate surface area is 160 Å². The molecule has 1 atom stereocenters. The summed E-state index contributed by atoms with van der Waals surface area (Å²) >= 11 is 0. The summed E-state index contributed by atoms with van der Waals surface area (Å²) in [6.07, 6.45) is 0. The quantitative estimate of drug-likeness (QED) is 0.850. The Hall–Kier alpha value is -2.70. The van der Waals surface area contributed by atoms with Crippen molar-refractivity contribution in [1.29, 1.82) is 0 Å². The third-order valence-electron chi connectivity index (χ3n) is 4.85. The van der Waals surface area contributed by atoms with Crippen LogP contribution in [0.1, 0.15) is 17.2 Å². The molecule has 0 spiro atoms. The van der Waals surface area contributed by atoms with Gasteiger partial charge in [-0.15, -0.1) is 0 Å². The number of rotatable bonds is 5. The van der Waals surface area contributed by atoms with Crippen molar-refractivity contribution in [1.82, 2.24) is 20.4 Å². The first-order valence-corrected chi connectivity index (χ1v) is 9.25. The molecule has 142 valence electrons. The summed E-state index contributed by atoms with van der Waals surface area (Å²) in [5.41, 5.74) is 2.19. The summed E-state index contributed by atoms with van der Waals surface area (Å²) in [5, 5.41) is 4.87. The largest absolute Gasteiger partial charge is 0.341 e. The van der Waals surface area contributed by atoms with Gasteiger partial charge in [0.15, 0.2) is 0 Å². The average Bonchev–Trinajstić information content (AvgIpc) is 2.71. The smallest absolute Gasteiger partial charge is 0.321 e. The molecule has 3 amide bonds. The lowest BCUT2D eigenvalue weighted by molar-refractivity contribution is -0.126. The molecule has 0 radical (unpaired) electrons. The Bertz CT molecular complexity index is 743. The standard InChI is InChI=1S/C21H26N4O2/c1-22-21(27)23-20(26)19(18-10-6-3-7-11-18)25-14-12-24(13-15-25)16-17-8-4-2-5-9-17/h2-11,19H,12-16H2,1H3,(H2,22,23,26,27)/t19-/m1/s1. The highest BCUT2D eigenvalue weighted by molar-refractivity contribution is 5.97. The van der Waals surface area contributed by atoms with Gasteiger partial charge in [-0.3, -0.25) is 19.9 Å². The van der Waals surface area contributed by atoms with Crippen molar-refractivity contribution >= 4 is 11.9 Å². The number of benzene rings is 2. The molecule has 6 nitrogen and oxygen atoms in total. The van der Waals surface area contributed by atoms with E-state index in [1.54, 1.807) is 0 Å². The first-order chi connectivity index (χ1) is 13.2. The molecule has 3 rings (SSSR count). The van der Waals surface area contributed by atoms with Gasteiger partial charge in [0.2, 0.25) is 5.91 Å². The number of imide groups is 1. The number of hydrogen-bond acceptors (Lipinski definition) is 4. The number of carbonyl (C=O) groups excluding carboxylic acids is 2. The van der Waals surface area contributed by atoms with Crippen LogP contribution in [0.25, 0.3) is 0 Å². The fourth-order valence-corrected chi connectivity index (χ4v) is 3.43. The van der Waals surface area contributed by atoms with Gasteiger partial charge in [-0.1, -0.05) is 60.7 Å². The first-order valence-electron chi connectivity index (χ1n) is 9.25. The molecule has 0 saturated carbocycles. The van der Waals surface area contributed by atoms with Gasteiger partial charge in [0.25, 0.3) is 0 Å². The van der Waals surface area contributed by atoms with E-state index in [9.17, 15) is 9.59 Å². The Morgan fingerprint density at radius 2 is 1.52 bits per heavy atom. The van der Waals surface area contributed by atoms with Crippen molar-refractivity contribution in [2.45, 2.75) is 12.6 Å². The van der Waals surface area contributed by atoms with Crippen LogP contribution in [-0.2, 0) is 11.3 Å². The zero-order valence-corrected chi connectivity index (χ0v) is 15.6. The maximum Gasteiger partial charge on any atom is 0.321 e. The van der Waals surface area contributed by atoms with Crippen LogP contribution < -0.4 is 10.6 Å². The molecule has 2 N–H and O–H groups in total. The molecule has 1 heterocycles. The van der Waals surface area contributed by atoms with Gasteiger partial charge in [0, 0.05) is 39.8 Å². The maximum atomic E-state index is 12.8. The minimum Gasteiger partial charge on any atom is -0.341 e. The maximum absolute atomic E-state index is 12.8. The first kappa shape index (κ1) is 19.1. The normalized spacial score (nSPS) is 16.5. The van der Waals surface area contributed by atoms with Crippen LogP contribution in [0, 0.1) is 0 Å². The number of hydrogen-bond donors (Lipinski definition) is 2. The molecule has 0 bridgehead atoms. The number of nitrogens with one attached hydrogen (secondary N) is 2. The third kappa shape index (κ3) is 5.15. The van der Waals surface area contributed by atoms with Crippen LogP contribution in [-0.4, -0.2) is 55.0 Å². The summed E-state index contributed by atoms with van der Waals surface area (Å²) in [5.74, 6) is -0.294. The second-order valence-corrected chi connectivity index (χ2v) is 6.68. The number of urea groups is 1. The van der Waals surface area contributed by atoms with Crippen LogP contribution in [0.2, 0.25) is 0 Å². The van der Waals surface area contributed by atoms with Crippen LogP contribution in [0.5, 0.6) is 0 Å². The van der Waals surface area contributed by atoms with E-state index in [1.165, 1.54) is 12.6 Å². The fraction of sp³-hybridized carbons (Fsp3) is 0.333. The van der Waals surface area contributed by atoms with E-state index in [-0.39, 0.29) is 5.91 Å². The van der Waals surface area contributed by atoms with Gasteiger partial charge in [-0.05, 0) is 11.1 Å². The lowest BCUT2D eigenvalue weighted by Crippen LogP contribution is -2.52. The van der Waals surface area contributed by atoms with E-state index >= 15 is 0 Å². The van der Waals surface area contributed by atoms with Crippen molar-refractivity contribution in [2.75, 3.05) is 33.2 Å². The molecule has 6 heteroatoms. The van der Waals surface area contributed by atoms with E-state index < -0.39 is 12.1 Å². The second kappa shape index (κ2) is 9.30. The number of nitrogens with zero attached hydrogens (tertiary/aromatic N) is 2. The van der Waals surface area contributed by atoms with E-state index in [0.29, 0.717) is 0 Å². The Balaban J connectivity index is 1.67. The lowest BCUT2D eigenvalue weighted by atomic mass is 10.0. The molecule has 1 fully saturated rings. The third-order valence-corrected chi connectivity index (χ3v) is 4.85. The fourth-order valence-electron chi connectivity index (χ4n) is 3.43. The van der Waals surface area contributed by atoms with Crippen molar-refractivity contribution < 1.29 is 9.59 Å². The molecule has 2 aromatic rings. The lowest BCUT2D eigenvalue weighted by Gasteiger charge is -2.38. The molecular formula is C21H26N4O2. The van der Waals surface area contributed by atoms with E-state index in [1.807, 2.05) is 36.4 Å². The summed E-state index contributed by atoms with van der Waals surface area (Å²) in [6, 6.07) is 19.1. The minimum absolute atomic E-state index is 0.294. The zero-order valence-electron chi connectivity index (χ0n) is 15.6. The van der Waals surface area contributed by atoms with Gasteiger partial charge in [-0.25, -0.2) is 4.79 Å². The van der Waals surface area contributed by atoms with Gasteiger partial charge in [0.05, 0.1) is 0 Å². The van der Waals surface area contributed by atoms with Gasteiger partial charge in [-0.2, -0.15) is 0 Å². The van der Waals surface area contributed by atoms with Gasteiger partial charge >= 0.3 is 6.03 Å². The Morgan fingerprint density at radius 3 is 2.11 bits per heavy atom. The Kier molecular flexibility index (Phi) is 6.57. The van der Waals surface area contributed by atoms with Gasteiger partial charge in [0.1, 0.15) is 6.04 Å². The molecule has 1 aliphatic rings. The molecule has 0 aromatic heterocycles. The zero-order chi connectivity index (χ0) is 19.1. The van der Waals surface area contributed by atoms with E-state index in [0.717, 1.165) is 38.3 Å². The summed E-state index contributed by atoms with van der Waals surface area (Å²) in [6.45, 7) is 4.22. The van der Waals surface area contributed by atoms with Crippen molar-refractivity contribution in [3.8, 4) is 0 Å². The van der Waals surface area contributed by atoms with E-state index in [4.69, 9.17) is 0 Å². The SMILES string of the molecule is CNC(=O)NC(=O)[C@@H](c1ccccc1)N1CCN(Cc2ccccc2)CC1. The van der Waals surface area contributed by atoms with E-state index in [2.05, 4.69) is 44.7 Å². The molecular weight excluding hydrogens is 340 g/mol. The van der Waals surface area contributed by atoms with Crippen LogP contribution in [0.15, 0.2) is 60.7 Å². The summed E-state index contributed by atoms with van der Waals surface area (Å²) in [7, 11) is 1.50. The number of carbonyl (C=O) groups is 2. The van der Waals surface area contributed by atoms with Crippen LogP contribution >= 0.6 is 0 Å². The Morgan fingerprint density at radius 1 is 0.926 bits per heavy atom. The number of piperazine rings is 1. The molecule has 0 aliphatic carbocycles. The summed E-state index contributed by atoms with van der Waals surface area (Å²) in [4.78, 5) is 28.9. The predicted molar refractivity (Wildman–Crippen MR) is 105 cm³/mol. The summed E-state index contributed by atoms with van der Waals surface area (Å²) < 4.78 is 0. The van der Waals surface area contributed by atoms with Crippen molar-refractivity contribution in [3.63, 3.8) is 0 Å². The van der Waals surface area contributed by atoms with Crippen molar-refractivity contribution in [3.05, 3.63) is 71.8 Å². The molecule has 0 unspecified atom stereocenters. The second-order valence-electron chi connectivity index (χ2n) is 6.68. The highest BCUT2D eigenvalue weighted by Crippen LogP contribution is 2.23.